The van der Waals surface area contributed by atoms with Gasteiger partial charge in [-0.15, -0.1) is 0 Å². The Morgan fingerprint density at radius 1 is 1.32 bits per heavy atom. The fourth-order valence-electron chi connectivity index (χ4n) is 2.26. The largest absolute Gasteiger partial charge is 0.494 e. The highest BCUT2D eigenvalue weighted by atomic mass is 16.5. The molecular weight excluding hydrogens is 320 g/mol. The van der Waals surface area contributed by atoms with Crippen molar-refractivity contribution < 1.29 is 14.3 Å². The standard InChI is InChI=1S/C18H26N4O3/c1-18(2,19)12-20-16(23)4-3-11-25-14-7-5-13(6-8-14)15-9-10-17(24)22-21-15/h5-8H,3-4,9-12,19H2,1-2H3,(H,20,23)(H,22,24). The van der Waals surface area contributed by atoms with Gasteiger partial charge in [-0.05, 0) is 50.1 Å². The number of nitrogens with one attached hydrogen (secondary N) is 2. The van der Waals surface area contributed by atoms with Crippen LogP contribution in [0.5, 0.6) is 5.75 Å². The fraction of sp³-hybridized carbons (Fsp3) is 0.500. The summed E-state index contributed by atoms with van der Waals surface area (Å²) in [4.78, 5) is 22.8. The first-order valence-corrected chi connectivity index (χ1v) is 8.48. The summed E-state index contributed by atoms with van der Waals surface area (Å²) >= 11 is 0. The van der Waals surface area contributed by atoms with Crippen molar-refractivity contribution in [2.45, 2.75) is 45.1 Å². The molecule has 0 radical (unpaired) electrons. The Balaban J connectivity index is 1.70. The van der Waals surface area contributed by atoms with Crippen LogP contribution < -0.4 is 21.2 Å². The molecular formula is C18H26N4O3. The molecule has 1 heterocycles. The smallest absolute Gasteiger partial charge is 0.240 e. The number of hydrazone groups is 1. The van der Waals surface area contributed by atoms with E-state index in [-0.39, 0.29) is 11.8 Å². The molecule has 7 heteroatoms. The zero-order valence-electron chi connectivity index (χ0n) is 14.8. The van der Waals surface area contributed by atoms with Gasteiger partial charge in [0.05, 0.1) is 12.3 Å². The van der Waals surface area contributed by atoms with Gasteiger partial charge in [0.15, 0.2) is 0 Å². The second kappa shape index (κ2) is 8.62. The number of hydrogen-bond donors (Lipinski definition) is 3. The zero-order valence-corrected chi connectivity index (χ0v) is 14.8. The number of hydrogen-bond acceptors (Lipinski definition) is 5. The van der Waals surface area contributed by atoms with Gasteiger partial charge in [0.25, 0.3) is 0 Å². The molecule has 4 N–H and O–H groups in total. The predicted octanol–water partition coefficient (Wildman–Crippen LogP) is 1.31. The topological polar surface area (TPSA) is 106 Å². The Labute approximate surface area is 148 Å². The van der Waals surface area contributed by atoms with Crippen LogP contribution in [-0.4, -0.2) is 36.2 Å². The minimum Gasteiger partial charge on any atom is -0.494 e. The average Bonchev–Trinajstić information content (AvgIpc) is 2.58. The van der Waals surface area contributed by atoms with Crippen LogP contribution in [0, 0.1) is 0 Å². The van der Waals surface area contributed by atoms with Gasteiger partial charge in [0, 0.05) is 31.3 Å². The molecule has 1 aliphatic rings. The second-order valence-corrected chi connectivity index (χ2v) is 6.84. The molecule has 0 unspecified atom stereocenters. The van der Waals surface area contributed by atoms with Gasteiger partial charge >= 0.3 is 0 Å². The van der Waals surface area contributed by atoms with E-state index in [0.717, 1.165) is 17.0 Å². The first-order valence-electron chi connectivity index (χ1n) is 8.48. The van der Waals surface area contributed by atoms with E-state index in [1.54, 1.807) is 0 Å². The predicted molar refractivity (Wildman–Crippen MR) is 96.4 cm³/mol. The summed E-state index contributed by atoms with van der Waals surface area (Å²) in [7, 11) is 0. The molecule has 0 spiro atoms. The lowest BCUT2D eigenvalue weighted by atomic mass is 10.0. The molecule has 7 nitrogen and oxygen atoms in total. The summed E-state index contributed by atoms with van der Waals surface area (Å²) in [5.74, 6) is 0.672. The Morgan fingerprint density at radius 2 is 2.04 bits per heavy atom. The number of amides is 2. The maximum Gasteiger partial charge on any atom is 0.240 e. The molecule has 1 aromatic rings. The van der Waals surface area contributed by atoms with Crippen LogP contribution in [0.2, 0.25) is 0 Å². The average molecular weight is 346 g/mol. The number of ether oxygens (including phenoxy) is 1. The summed E-state index contributed by atoms with van der Waals surface area (Å²) in [6.45, 7) is 4.66. The first-order chi connectivity index (χ1) is 11.8. The summed E-state index contributed by atoms with van der Waals surface area (Å²) in [6, 6.07) is 7.57. The zero-order chi connectivity index (χ0) is 18.3. The third-order valence-corrected chi connectivity index (χ3v) is 3.65. The summed E-state index contributed by atoms with van der Waals surface area (Å²) in [5, 5.41) is 6.87. The van der Waals surface area contributed by atoms with Gasteiger partial charge in [-0.1, -0.05) is 0 Å². The summed E-state index contributed by atoms with van der Waals surface area (Å²) < 4.78 is 5.65. The number of carbonyl (C=O) groups is 2. The van der Waals surface area contributed by atoms with Crippen molar-refractivity contribution in [2.24, 2.45) is 10.8 Å². The molecule has 0 aliphatic carbocycles. The van der Waals surface area contributed by atoms with Crippen LogP contribution in [0.25, 0.3) is 0 Å². The lowest BCUT2D eigenvalue weighted by Crippen LogP contribution is -2.45. The normalized spacial score (nSPS) is 14.5. The highest BCUT2D eigenvalue weighted by Gasteiger charge is 2.13. The molecule has 136 valence electrons. The van der Waals surface area contributed by atoms with E-state index < -0.39 is 5.54 Å². The molecule has 2 amide bonds. The van der Waals surface area contributed by atoms with E-state index in [4.69, 9.17) is 10.5 Å². The van der Waals surface area contributed by atoms with Gasteiger partial charge < -0.3 is 15.8 Å². The second-order valence-electron chi connectivity index (χ2n) is 6.84. The first kappa shape index (κ1) is 18.9. The number of carbonyl (C=O) groups excluding carboxylic acids is 2. The van der Waals surface area contributed by atoms with E-state index in [0.29, 0.717) is 38.8 Å². The number of nitrogens with zero attached hydrogens (tertiary/aromatic N) is 1. The van der Waals surface area contributed by atoms with Crippen LogP contribution in [-0.2, 0) is 9.59 Å². The third-order valence-electron chi connectivity index (χ3n) is 3.65. The van der Waals surface area contributed by atoms with Crippen LogP contribution in [0.15, 0.2) is 29.4 Å². The number of nitrogens with two attached hydrogens (primary N) is 1. The van der Waals surface area contributed by atoms with Crippen LogP contribution in [0.4, 0.5) is 0 Å². The van der Waals surface area contributed by atoms with E-state index in [2.05, 4.69) is 15.8 Å². The fourth-order valence-corrected chi connectivity index (χ4v) is 2.26. The van der Waals surface area contributed by atoms with E-state index in [1.807, 2.05) is 38.1 Å². The molecule has 0 atom stereocenters. The molecule has 0 aromatic heterocycles. The van der Waals surface area contributed by atoms with Gasteiger partial charge in [-0.3, -0.25) is 9.59 Å². The van der Waals surface area contributed by atoms with Crippen molar-refractivity contribution in [1.29, 1.82) is 0 Å². The lowest BCUT2D eigenvalue weighted by Gasteiger charge is -2.18. The van der Waals surface area contributed by atoms with Crippen LogP contribution in [0.1, 0.15) is 45.1 Å². The molecule has 0 saturated heterocycles. The minimum absolute atomic E-state index is 0.0187. The maximum atomic E-state index is 11.7. The minimum atomic E-state index is -0.403. The maximum absolute atomic E-state index is 11.7. The lowest BCUT2D eigenvalue weighted by molar-refractivity contribution is -0.122. The quantitative estimate of drug-likeness (QED) is 0.617. The van der Waals surface area contributed by atoms with Crippen molar-refractivity contribution in [1.82, 2.24) is 10.7 Å². The molecule has 25 heavy (non-hydrogen) atoms. The molecule has 0 bridgehead atoms. The monoisotopic (exact) mass is 346 g/mol. The highest BCUT2D eigenvalue weighted by Crippen LogP contribution is 2.16. The Hall–Kier alpha value is -2.41. The van der Waals surface area contributed by atoms with E-state index in [9.17, 15) is 9.59 Å². The Bertz CT molecular complexity index is 633. The molecule has 0 fully saturated rings. The van der Waals surface area contributed by atoms with E-state index >= 15 is 0 Å². The van der Waals surface area contributed by atoms with Gasteiger partial charge in [-0.25, -0.2) is 5.43 Å². The van der Waals surface area contributed by atoms with Crippen molar-refractivity contribution in [2.75, 3.05) is 13.2 Å². The molecule has 1 aromatic carbocycles. The summed E-state index contributed by atoms with van der Waals surface area (Å²) in [6.07, 6.45) is 2.14. The number of rotatable bonds is 8. The Kier molecular flexibility index (Phi) is 6.52. The van der Waals surface area contributed by atoms with Crippen LogP contribution >= 0.6 is 0 Å². The molecule has 2 rings (SSSR count). The SMILES string of the molecule is CC(C)(N)CNC(=O)CCCOc1ccc(C2=NNC(=O)CC2)cc1. The Morgan fingerprint density at radius 3 is 2.64 bits per heavy atom. The summed E-state index contributed by atoms with van der Waals surface area (Å²) in [5.41, 5.74) is 9.74. The van der Waals surface area contributed by atoms with Gasteiger partial charge in [-0.2, -0.15) is 5.10 Å². The van der Waals surface area contributed by atoms with Crippen molar-refractivity contribution in [3.05, 3.63) is 29.8 Å². The van der Waals surface area contributed by atoms with Gasteiger partial charge in [0.2, 0.25) is 11.8 Å². The molecule has 1 aliphatic heterocycles. The number of benzene rings is 1. The van der Waals surface area contributed by atoms with Crippen molar-refractivity contribution in [3.63, 3.8) is 0 Å². The van der Waals surface area contributed by atoms with Crippen LogP contribution in [0.3, 0.4) is 0 Å². The highest BCUT2D eigenvalue weighted by molar-refractivity contribution is 6.04. The third kappa shape index (κ3) is 6.93. The van der Waals surface area contributed by atoms with Gasteiger partial charge in [0.1, 0.15) is 5.75 Å². The van der Waals surface area contributed by atoms with E-state index in [1.165, 1.54) is 0 Å². The van der Waals surface area contributed by atoms with Crippen molar-refractivity contribution >= 4 is 17.5 Å². The molecule has 0 saturated carbocycles. The van der Waals surface area contributed by atoms with Crippen molar-refractivity contribution in [3.8, 4) is 5.75 Å².